The second-order valence-electron chi connectivity index (χ2n) is 7.47. The van der Waals surface area contributed by atoms with Crippen LogP contribution in [0.25, 0.3) is 0 Å². The first-order chi connectivity index (χ1) is 16.1. The fraction of sp³-hybridized carbons (Fsp3) is 0.167. The van der Waals surface area contributed by atoms with Crippen LogP contribution in [-0.2, 0) is 14.8 Å². The summed E-state index contributed by atoms with van der Waals surface area (Å²) < 4.78 is 38.9. The van der Waals surface area contributed by atoms with Crippen molar-refractivity contribution in [3.05, 3.63) is 77.4 Å². The lowest BCUT2D eigenvalue weighted by molar-refractivity contribution is -0.119. The van der Waals surface area contributed by atoms with E-state index in [1.807, 2.05) is 6.07 Å². The molecule has 3 aromatic carbocycles. The summed E-state index contributed by atoms with van der Waals surface area (Å²) in [6, 6.07) is 16.0. The molecule has 0 spiro atoms. The van der Waals surface area contributed by atoms with Gasteiger partial charge in [0.25, 0.3) is 21.8 Å². The lowest BCUT2D eigenvalue weighted by Crippen LogP contribution is -2.20. The number of anilines is 2. The maximum atomic E-state index is 13.0. The minimum absolute atomic E-state index is 0.0493. The second kappa shape index (κ2) is 10.3. The minimum Gasteiger partial charge on any atom is -0.493 e. The lowest BCUT2D eigenvalue weighted by Gasteiger charge is -2.14. The number of hydrogen-bond donors (Lipinski definition) is 3. The number of methoxy groups -OCH3 is 1. The van der Waals surface area contributed by atoms with Crippen LogP contribution < -0.4 is 25.2 Å². The number of sulfonamides is 1. The maximum Gasteiger partial charge on any atom is 0.261 e. The summed E-state index contributed by atoms with van der Waals surface area (Å²) >= 11 is 0. The van der Waals surface area contributed by atoms with Crippen LogP contribution in [0.1, 0.15) is 21.5 Å². The molecule has 3 aromatic rings. The molecule has 0 heterocycles. The molecule has 10 heteroatoms. The van der Waals surface area contributed by atoms with Gasteiger partial charge in [0.2, 0.25) is 0 Å². The van der Waals surface area contributed by atoms with Crippen LogP contribution in [0.4, 0.5) is 11.4 Å². The highest BCUT2D eigenvalue weighted by Gasteiger charge is 2.19. The molecule has 0 atom stereocenters. The molecule has 0 aliphatic heterocycles. The smallest absolute Gasteiger partial charge is 0.261 e. The van der Waals surface area contributed by atoms with Crippen molar-refractivity contribution in [2.75, 3.05) is 23.8 Å². The molecule has 178 valence electrons. The van der Waals surface area contributed by atoms with E-state index in [1.54, 1.807) is 50.2 Å². The molecule has 9 nitrogen and oxygen atoms in total. The predicted molar refractivity (Wildman–Crippen MR) is 129 cm³/mol. The lowest BCUT2D eigenvalue weighted by atomic mass is 10.1. The van der Waals surface area contributed by atoms with Gasteiger partial charge in [0.1, 0.15) is 0 Å². The Morgan fingerprint density at radius 3 is 2.35 bits per heavy atom. The van der Waals surface area contributed by atoms with Crippen molar-refractivity contribution in [3.8, 4) is 11.5 Å². The normalized spacial score (nSPS) is 10.9. The van der Waals surface area contributed by atoms with Crippen molar-refractivity contribution in [1.29, 1.82) is 0 Å². The molecule has 0 aliphatic rings. The van der Waals surface area contributed by atoms with Crippen LogP contribution >= 0.6 is 0 Å². The molecule has 3 rings (SSSR count). The molecule has 0 aliphatic carbocycles. The van der Waals surface area contributed by atoms with E-state index in [2.05, 4.69) is 10.0 Å². The number of para-hydroxylation sites is 1. The molecule has 0 unspecified atom stereocenters. The van der Waals surface area contributed by atoms with Crippen molar-refractivity contribution in [1.82, 2.24) is 0 Å². The van der Waals surface area contributed by atoms with Crippen molar-refractivity contribution < 1.29 is 27.5 Å². The number of nitrogens with two attached hydrogens (primary N) is 1. The number of aryl methyl sites for hydroxylation is 2. The molecule has 0 aromatic heterocycles. The van der Waals surface area contributed by atoms with E-state index in [-0.39, 0.29) is 22.8 Å². The predicted octanol–water partition coefficient (Wildman–Crippen LogP) is 3.23. The van der Waals surface area contributed by atoms with Gasteiger partial charge >= 0.3 is 0 Å². The number of rotatable bonds is 9. The summed E-state index contributed by atoms with van der Waals surface area (Å²) in [5.41, 5.74) is 7.47. The fourth-order valence-corrected chi connectivity index (χ4v) is 4.28. The zero-order valence-electron chi connectivity index (χ0n) is 18.9. The zero-order chi connectivity index (χ0) is 24.9. The van der Waals surface area contributed by atoms with E-state index in [0.717, 1.165) is 5.56 Å². The number of nitrogens with one attached hydrogen (secondary N) is 2. The Kier molecular flexibility index (Phi) is 7.42. The highest BCUT2D eigenvalue weighted by Crippen LogP contribution is 2.30. The summed E-state index contributed by atoms with van der Waals surface area (Å²) in [6.07, 6.45) is 0. The van der Waals surface area contributed by atoms with Crippen LogP contribution in [0.5, 0.6) is 11.5 Å². The Morgan fingerprint density at radius 1 is 0.941 bits per heavy atom. The van der Waals surface area contributed by atoms with E-state index in [0.29, 0.717) is 22.7 Å². The number of amides is 2. The number of hydrogen-bond acceptors (Lipinski definition) is 6. The van der Waals surface area contributed by atoms with Crippen LogP contribution in [0.15, 0.2) is 65.6 Å². The molecule has 0 saturated heterocycles. The minimum atomic E-state index is -3.92. The highest BCUT2D eigenvalue weighted by atomic mass is 32.2. The number of ether oxygens (including phenoxy) is 2. The van der Waals surface area contributed by atoms with Gasteiger partial charge in [0, 0.05) is 17.3 Å². The van der Waals surface area contributed by atoms with E-state index in [9.17, 15) is 18.0 Å². The first-order valence-corrected chi connectivity index (χ1v) is 11.7. The largest absolute Gasteiger partial charge is 0.493 e. The fourth-order valence-electron chi connectivity index (χ4n) is 3.12. The van der Waals surface area contributed by atoms with Gasteiger partial charge in [0.15, 0.2) is 18.1 Å². The van der Waals surface area contributed by atoms with Gasteiger partial charge in [-0.15, -0.1) is 0 Å². The average Bonchev–Trinajstić information content (AvgIpc) is 2.79. The number of benzene rings is 3. The second-order valence-corrected chi connectivity index (χ2v) is 9.15. The molecular weight excluding hydrogens is 458 g/mol. The number of primary amides is 1. The Bertz CT molecular complexity index is 1340. The van der Waals surface area contributed by atoms with Gasteiger partial charge in [-0.2, -0.15) is 0 Å². The molecule has 4 N–H and O–H groups in total. The molecule has 0 fully saturated rings. The first kappa shape index (κ1) is 24.6. The molecular formula is C24H25N3O6S. The molecule has 0 saturated carbocycles. The van der Waals surface area contributed by atoms with E-state index < -0.39 is 21.8 Å². The SMILES string of the molecule is COc1ccc(NC(=O)c2cc(S(=O)(=O)Nc3ccccc3C)ccc2C)cc1OCC(N)=O. The summed E-state index contributed by atoms with van der Waals surface area (Å²) in [5.74, 6) is -0.610. The third-order valence-corrected chi connectivity index (χ3v) is 6.31. The van der Waals surface area contributed by atoms with Gasteiger partial charge < -0.3 is 20.5 Å². The van der Waals surface area contributed by atoms with Gasteiger partial charge in [-0.3, -0.25) is 14.3 Å². The molecule has 34 heavy (non-hydrogen) atoms. The quantitative estimate of drug-likeness (QED) is 0.427. The Balaban J connectivity index is 1.86. The topological polar surface area (TPSA) is 137 Å². The van der Waals surface area contributed by atoms with Crippen molar-refractivity contribution in [3.63, 3.8) is 0 Å². The van der Waals surface area contributed by atoms with Gasteiger partial charge in [-0.1, -0.05) is 24.3 Å². The summed E-state index contributed by atoms with van der Waals surface area (Å²) in [4.78, 5) is 24.0. The zero-order valence-corrected chi connectivity index (χ0v) is 19.7. The molecule has 2 amide bonds. The molecule has 0 bridgehead atoms. The third-order valence-electron chi connectivity index (χ3n) is 4.94. The van der Waals surface area contributed by atoms with Crippen molar-refractivity contribution in [2.24, 2.45) is 5.73 Å². The van der Waals surface area contributed by atoms with Crippen LogP contribution in [0.3, 0.4) is 0 Å². The summed E-state index contributed by atoms with van der Waals surface area (Å²) in [7, 11) is -2.49. The van der Waals surface area contributed by atoms with Crippen LogP contribution in [0, 0.1) is 13.8 Å². The number of carbonyl (C=O) groups is 2. The van der Waals surface area contributed by atoms with Crippen molar-refractivity contribution >= 4 is 33.2 Å². The third kappa shape index (κ3) is 5.84. The van der Waals surface area contributed by atoms with Crippen LogP contribution in [-0.4, -0.2) is 33.9 Å². The maximum absolute atomic E-state index is 13.0. The Labute approximate surface area is 197 Å². The Morgan fingerprint density at radius 2 is 1.68 bits per heavy atom. The van der Waals surface area contributed by atoms with Gasteiger partial charge in [-0.05, 0) is 55.3 Å². The Hall–Kier alpha value is -4.05. The van der Waals surface area contributed by atoms with E-state index in [1.165, 1.54) is 25.3 Å². The van der Waals surface area contributed by atoms with E-state index >= 15 is 0 Å². The number of carbonyl (C=O) groups excluding carboxylic acids is 2. The summed E-state index contributed by atoms with van der Waals surface area (Å²) in [6.45, 7) is 3.14. The van der Waals surface area contributed by atoms with Crippen molar-refractivity contribution in [2.45, 2.75) is 18.7 Å². The van der Waals surface area contributed by atoms with Gasteiger partial charge in [0.05, 0.1) is 17.7 Å². The molecule has 0 radical (unpaired) electrons. The van der Waals surface area contributed by atoms with Gasteiger partial charge in [-0.25, -0.2) is 8.42 Å². The monoisotopic (exact) mass is 483 g/mol. The van der Waals surface area contributed by atoms with Crippen LogP contribution in [0.2, 0.25) is 0 Å². The standard InChI is InChI=1S/C24H25N3O6S/c1-15-8-10-18(34(30,31)27-20-7-5-4-6-16(20)2)13-19(15)24(29)26-17-9-11-21(32-3)22(12-17)33-14-23(25)28/h4-13,27H,14H2,1-3H3,(H2,25,28)(H,26,29). The highest BCUT2D eigenvalue weighted by molar-refractivity contribution is 7.92. The summed E-state index contributed by atoms with van der Waals surface area (Å²) in [5, 5.41) is 2.71. The first-order valence-electron chi connectivity index (χ1n) is 10.2. The average molecular weight is 484 g/mol. The van der Waals surface area contributed by atoms with E-state index in [4.69, 9.17) is 15.2 Å².